The average Bonchev–Trinajstić information content (AvgIpc) is 2.64. The molecule has 4 nitrogen and oxygen atoms in total. The number of carbonyl (C=O) groups is 1. The molecule has 2 N–H and O–H groups in total. The van der Waals surface area contributed by atoms with Crippen LogP contribution in [0.3, 0.4) is 0 Å². The number of nitrogens with one attached hydrogen (secondary N) is 2. The lowest BCUT2D eigenvalue weighted by Gasteiger charge is -2.15. The van der Waals surface area contributed by atoms with E-state index in [0.29, 0.717) is 11.4 Å². The minimum absolute atomic E-state index is 0.172. The number of hydrogen-bond acceptors (Lipinski definition) is 3. The number of carbonyl (C=O) groups excluding carboxylic acids is 1. The van der Waals surface area contributed by atoms with Gasteiger partial charge in [0.15, 0.2) is 0 Å². The first-order chi connectivity index (χ1) is 12.1. The van der Waals surface area contributed by atoms with Gasteiger partial charge >= 0.3 is 0 Å². The van der Waals surface area contributed by atoms with Crippen molar-refractivity contribution in [3.05, 3.63) is 88.5 Å². The predicted molar refractivity (Wildman–Crippen MR) is 105 cm³/mol. The first kappa shape index (κ1) is 17.2. The molecule has 1 atom stereocenters. The Morgan fingerprint density at radius 1 is 1.00 bits per heavy atom. The molecule has 25 heavy (non-hydrogen) atoms. The molecule has 126 valence electrons. The molecule has 3 rings (SSSR count). The minimum Gasteiger partial charge on any atom is -0.377 e. The Labute approximate surface area is 155 Å². The molecule has 0 fully saturated rings. The zero-order chi connectivity index (χ0) is 17.6. The number of amides is 1. The summed E-state index contributed by atoms with van der Waals surface area (Å²) < 4.78 is 0.935. The van der Waals surface area contributed by atoms with Gasteiger partial charge in [-0.1, -0.05) is 46.3 Å². The topological polar surface area (TPSA) is 54.0 Å². The summed E-state index contributed by atoms with van der Waals surface area (Å²) in [5.74, 6) is 0.337. The van der Waals surface area contributed by atoms with Crippen molar-refractivity contribution < 1.29 is 4.79 Å². The molecule has 1 unspecified atom stereocenters. The fourth-order valence-corrected chi connectivity index (χ4v) is 2.68. The fraction of sp³-hybridized carbons (Fsp3) is 0.100. The molecule has 0 aliphatic heterocycles. The summed E-state index contributed by atoms with van der Waals surface area (Å²) in [5.41, 5.74) is 2.69. The van der Waals surface area contributed by atoms with Crippen molar-refractivity contribution in [2.24, 2.45) is 0 Å². The van der Waals surface area contributed by atoms with Crippen LogP contribution in [0.5, 0.6) is 0 Å². The standard InChI is InChI=1S/C20H18BrN3O/c1-14(15-5-3-2-4-6-15)23-18-11-12-19(22-13-18)24-20(25)16-7-9-17(21)10-8-16/h2-14,23H,1H3,(H,22,24,25). The van der Waals surface area contributed by atoms with Crippen LogP contribution in [0.1, 0.15) is 28.9 Å². The Morgan fingerprint density at radius 3 is 2.36 bits per heavy atom. The summed E-state index contributed by atoms with van der Waals surface area (Å²) in [4.78, 5) is 16.5. The highest BCUT2D eigenvalue weighted by atomic mass is 79.9. The second-order valence-electron chi connectivity index (χ2n) is 5.67. The second kappa shape index (κ2) is 7.94. The molecular formula is C20H18BrN3O. The zero-order valence-electron chi connectivity index (χ0n) is 13.7. The smallest absolute Gasteiger partial charge is 0.256 e. The number of halogens is 1. The van der Waals surface area contributed by atoms with Gasteiger partial charge in [0.05, 0.1) is 11.9 Å². The predicted octanol–water partition coefficient (Wildman–Crippen LogP) is 5.27. The van der Waals surface area contributed by atoms with Crippen molar-refractivity contribution in [3.8, 4) is 0 Å². The van der Waals surface area contributed by atoms with Crippen LogP contribution in [0.2, 0.25) is 0 Å². The van der Waals surface area contributed by atoms with E-state index in [-0.39, 0.29) is 11.9 Å². The molecule has 3 aromatic rings. The van der Waals surface area contributed by atoms with E-state index in [0.717, 1.165) is 10.2 Å². The van der Waals surface area contributed by atoms with Crippen LogP contribution >= 0.6 is 15.9 Å². The van der Waals surface area contributed by atoms with Crippen LogP contribution in [-0.2, 0) is 0 Å². The molecular weight excluding hydrogens is 378 g/mol. The summed E-state index contributed by atoms with van der Waals surface area (Å²) in [6.45, 7) is 2.10. The van der Waals surface area contributed by atoms with Crippen LogP contribution in [0.4, 0.5) is 11.5 Å². The highest BCUT2D eigenvalue weighted by molar-refractivity contribution is 9.10. The number of anilines is 2. The molecule has 0 saturated carbocycles. The van der Waals surface area contributed by atoms with Gasteiger partial charge in [0.1, 0.15) is 5.82 Å². The van der Waals surface area contributed by atoms with Gasteiger partial charge < -0.3 is 10.6 Å². The van der Waals surface area contributed by atoms with Crippen LogP contribution in [-0.4, -0.2) is 10.9 Å². The van der Waals surface area contributed by atoms with Gasteiger partial charge in [-0.05, 0) is 48.9 Å². The number of aromatic nitrogens is 1. The lowest BCUT2D eigenvalue weighted by atomic mass is 10.1. The maximum absolute atomic E-state index is 12.2. The van der Waals surface area contributed by atoms with Crippen molar-refractivity contribution in [2.45, 2.75) is 13.0 Å². The largest absolute Gasteiger partial charge is 0.377 e. The van der Waals surface area contributed by atoms with E-state index in [1.807, 2.05) is 36.4 Å². The first-order valence-corrected chi connectivity index (χ1v) is 8.75. The fourth-order valence-electron chi connectivity index (χ4n) is 2.42. The third-order valence-corrected chi connectivity index (χ3v) is 4.32. The van der Waals surface area contributed by atoms with Crippen LogP contribution in [0, 0.1) is 0 Å². The van der Waals surface area contributed by atoms with E-state index < -0.39 is 0 Å². The van der Waals surface area contributed by atoms with Gasteiger partial charge in [0.2, 0.25) is 0 Å². The zero-order valence-corrected chi connectivity index (χ0v) is 15.3. The molecule has 5 heteroatoms. The molecule has 0 spiro atoms. The third kappa shape index (κ3) is 4.67. The van der Waals surface area contributed by atoms with Crippen molar-refractivity contribution >= 4 is 33.3 Å². The monoisotopic (exact) mass is 395 g/mol. The van der Waals surface area contributed by atoms with Crippen molar-refractivity contribution in [1.82, 2.24) is 4.98 Å². The highest BCUT2D eigenvalue weighted by Crippen LogP contribution is 2.19. The van der Waals surface area contributed by atoms with E-state index >= 15 is 0 Å². The molecule has 0 aliphatic carbocycles. The molecule has 1 aromatic heterocycles. The van der Waals surface area contributed by atoms with Crippen LogP contribution in [0.25, 0.3) is 0 Å². The van der Waals surface area contributed by atoms with Crippen molar-refractivity contribution in [2.75, 3.05) is 10.6 Å². The number of rotatable bonds is 5. The van der Waals surface area contributed by atoms with Crippen LogP contribution in [0.15, 0.2) is 77.4 Å². The summed E-state index contributed by atoms with van der Waals surface area (Å²) in [7, 11) is 0. The number of pyridine rings is 1. The average molecular weight is 396 g/mol. The number of benzene rings is 2. The maximum Gasteiger partial charge on any atom is 0.256 e. The van der Waals surface area contributed by atoms with Gasteiger partial charge in [-0.2, -0.15) is 0 Å². The Bertz CT molecular complexity index is 833. The first-order valence-electron chi connectivity index (χ1n) is 7.96. The van der Waals surface area contributed by atoms with E-state index in [9.17, 15) is 4.79 Å². The normalized spacial score (nSPS) is 11.6. The molecule has 2 aromatic carbocycles. The quantitative estimate of drug-likeness (QED) is 0.618. The van der Waals surface area contributed by atoms with E-state index in [2.05, 4.69) is 50.6 Å². The summed E-state index contributed by atoms with van der Waals surface area (Å²) in [6, 6.07) is 21.3. The Morgan fingerprint density at radius 2 is 1.72 bits per heavy atom. The summed E-state index contributed by atoms with van der Waals surface area (Å²) >= 11 is 3.35. The lowest BCUT2D eigenvalue weighted by molar-refractivity contribution is 0.102. The van der Waals surface area contributed by atoms with E-state index in [4.69, 9.17) is 0 Å². The van der Waals surface area contributed by atoms with Crippen LogP contribution < -0.4 is 10.6 Å². The molecule has 0 radical (unpaired) electrons. The van der Waals surface area contributed by atoms with Gasteiger partial charge in [-0.25, -0.2) is 4.98 Å². The highest BCUT2D eigenvalue weighted by Gasteiger charge is 2.08. The van der Waals surface area contributed by atoms with Crippen molar-refractivity contribution in [1.29, 1.82) is 0 Å². The summed E-state index contributed by atoms with van der Waals surface area (Å²) in [5, 5.41) is 6.19. The Hall–Kier alpha value is -2.66. The summed E-state index contributed by atoms with van der Waals surface area (Å²) in [6.07, 6.45) is 1.72. The third-order valence-electron chi connectivity index (χ3n) is 3.79. The van der Waals surface area contributed by atoms with Gasteiger partial charge in [0, 0.05) is 16.1 Å². The molecule has 1 amide bonds. The molecule has 0 bridgehead atoms. The van der Waals surface area contributed by atoms with E-state index in [1.165, 1.54) is 5.56 Å². The molecule has 0 aliphatic rings. The lowest BCUT2D eigenvalue weighted by Crippen LogP contribution is -2.13. The Kier molecular flexibility index (Phi) is 5.46. The van der Waals surface area contributed by atoms with E-state index in [1.54, 1.807) is 24.4 Å². The number of hydrogen-bond donors (Lipinski definition) is 2. The molecule has 1 heterocycles. The molecule has 0 saturated heterocycles. The maximum atomic E-state index is 12.2. The SMILES string of the molecule is CC(Nc1ccc(NC(=O)c2ccc(Br)cc2)nc1)c1ccccc1. The van der Waals surface area contributed by atoms with Gasteiger partial charge in [0.25, 0.3) is 5.91 Å². The Balaban J connectivity index is 1.62. The van der Waals surface area contributed by atoms with Gasteiger partial charge in [-0.15, -0.1) is 0 Å². The second-order valence-corrected chi connectivity index (χ2v) is 6.59. The van der Waals surface area contributed by atoms with Gasteiger partial charge in [-0.3, -0.25) is 4.79 Å². The number of nitrogens with zero attached hydrogens (tertiary/aromatic N) is 1. The minimum atomic E-state index is -0.182. The van der Waals surface area contributed by atoms with Crippen molar-refractivity contribution in [3.63, 3.8) is 0 Å².